The fourth-order valence-electron chi connectivity index (χ4n) is 8.10. The zero-order valence-corrected chi connectivity index (χ0v) is 14.9. The van der Waals surface area contributed by atoms with Crippen molar-refractivity contribution in [1.82, 2.24) is 0 Å². The van der Waals surface area contributed by atoms with Gasteiger partial charge < -0.3 is 9.84 Å². The summed E-state index contributed by atoms with van der Waals surface area (Å²) in [5.74, 6) is 0.558. The summed E-state index contributed by atoms with van der Waals surface area (Å²) in [6.45, 7) is 12.5. The molecule has 4 nitrogen and oxygen atoms in total. The quantitative estimate of drug-likeness (QED) is 0.592. The van der Waals surface area contributed by atoms with Crippen LogP contribution in [0.3, 0.4) is 0 Å². The van der Waals surface area contributed by atoms with Crippen LogP contribution < -0.4 is 0 Å². The fourth-order valence-corrected chi connectivity index (χ4v) is 8.10. The molecule has 0 bridgehead atoms. The fraction of sp³-hybridized carbons (Fsp3) is 0.800. The molecule has 5 rings (SSSR count). The van der Waals surface area contributed by atoms with Gasteiger partial charge in [-0.1, -0.05) is 27.4 Å². The predicted molar refractivity (Wildman–Crippen MR) is 87.1 cm³/mol. The third-order valence-corrected chi connectivity index (χ3v) is 9.23. The highest BCUT2D eigenvalue weighted by Gasteiger charge is 2.94. The molecule has 0 radical (unpaired) electrons. The molecule has 4 heteroatoms. The number of carbonyl (C=O) groups is 2. The summed E-state index contributed by atoms with van der Waals surface area (Å²) >= 11 is 0. The zero-order valence-electron chi connectivity index (χ0n) is 14.9. The Bertz CT molecular complexity index is 725. The Kier molecular flexibility index (Phi) is 2.37. The minimum Gasteiger partial charge on any atom is -0.385 e. The molecule has 0 aromatic rings. The molecule has 130 valence electrons. The van der Waals surface area contributed by atoms with E-state index in [9.17, 15) is 14.7 Å². The van der Waals surface area contributed by atoms with E-state index in [0.717, 1.165) is 19.3 Å². The SMILES string of the molecule is C=C1C(=O)[C@H]2O[C@@]23[C@@H]1C[C@]12CC[C@H](C(C)C)[C@@]1(C)[C@@H](O)C(=O)[C@]32C. The van der Waals surface area contributed by atoms with Crippen LogP contribution in [0.25, 0.3) is 0 Å². The van der Waals surface area contributed by atoms with E-state index in [4.69, 9.17) is 4.74 Å². The van der Waals surface area contributed by atoms with Gasteiger partial charge in [-0.25, -0.2) is 0 Å². The molecule has 5 fully saturated rings. The number of aliphatic hydroxyl groups excluding tert-OH is 1. The average Bonchev–Trinajstić information content (AvgIpc) is 3.05. The first-order valence-corrected chi connectivity index (χ1v) is 9.24. The second-order valence-electron chi connectivity index (χ2n) is 9.58. The average molecular weight is 330 g/mol. The van der Waals surface area contributed by atoms with Crippen molar-refractivity contribution in [2.45, 2.75) is 64.8 Å². The Morgan fingerprint density at radius 3 is 2.58 bits per heavy atom. The second-order valence-corrected chi connectivity index (χ2v) is 9.58. The predicted octanol–water partition coefficient (Wildman–Crippen LogP) is 2.29. The smallest absolute Gasteiger partial charge is 0.190 e. The van der Waals surface area contributed by atoms with Crippen molar-refractivity contribution in [3.05, 3.63) is 12.2 Å². The third-order valence-electron chi connectivity index (χ3n) is 9.23. The van der Waals surface area contributed by atoms with Crippen LogP contribution in [0, 0.1) is 34.0 Å². The number of Topliss-reactive ketones (excluding diaryl/α,β-unsaturated/α-hetero) is 2. The molecule has 2 spiro atoms. The summed E-state index contributed by atoms with van der Waals surface area (Å²) in [5, 5.41) is 11.1. The van der Waals surface area contributed by atoms with Crippen LogP contribution in [0.5, 0.6) is 0 Å². The number of carbonyl (C=O) groups excluding carboxylic acids is 2. The molecule has 1 heterocycles. The third kappa shape index (κ3) is 1.04. The monoisotopic (exact) mass is 330 g/mol. The first-order chi connectivity index (χ1) is 11.1. The molecule has 8 atom stereocenters. The number of ether oxygens (including phenoxy) is 1. The molecule has 4 saturated carbocycles. The Hall–Kier alpha value is -1.00. The van der Waals surface area contributed by atoms with Crippen LogP contribution in [0.15, 0.2) is 12.2 Å². The van der Waals surface area contributed by atoms with Gasteiger partial charge in [0, 0.05) is 11.3 Å². The molecule has 1 saturated heterocycles. The van der Waals surface area contributed by atoms with E-state index in [1.54, 1.807) is 0 Å². The van der Waals surface area contributed by atoms with Crippen molar-refractivity contribution in [3.8, 4) is 0 Å². The highest BCUT2D eigenvalue weighted by atomic mass is 16.6. The molecule has 0 amide bonds. The van der Waals surface area contributed by atoms with Gasteiger partial charge in [0.15, 0.2) is 17.7 Å². The molecular formula is C20H26O4. The number of aliphatic hydroxyl groups is 1. The Morgan fingerprint density at radius 1 is 1.29 bits per heavy atom. The lowest BCUT2D eigenvalue weighted by atomic mass is 9.55. The number of ketones is 2. The topological polar surface area (TPSA) is 66.9 Å². The highest BCUT2D eigenvalue weighted by molar-refractivity contribution is 6.09. The van der Waals surface area contributed by atoms with E-state index in [1.165, 1.54) is 0 Å². The van der Waals surface area contributed by atoms with Crippen molar-refractivity contribution < 1.29 is 19.4 Å². The minimum atomic E-state index is -0.957. The molecule has 0 unspecified atom stereocenters. The van der Waals surface area contributed by atoms with Gasteiger partial charge in [-0.3, -0.25) is 9.59 Å². The summed E-state index contributed by atoms with van der Waals surface area (Å²) in [6, 6.07) is 0. The summed E-state index contributed by atoms with van der Waals surface area (Å²) in [5.41, 5.74) is -1.57. The van der Waals surface area contributed by atoms with E-state index < -0.39 is 28.6 Å². The van der Waals surface area contributed by atoms with Crippen LogP contribution in [0.4, 0.5) is 0 Å². The van der Waals surface area contributed by atoms with Crippen LogP contribution >= 0.6 is 0 Å². The molecular weight excluding hydrogens is 304 g/mol. The highest BCUT2D eigenvalue weighted by Crippen LogP contribution is 2.86. The molecule has 0 aromatic heterocycles. The number of hydrogen-bond acceptors (Lipinski definition) is 4. The lowest BCUT2D eigenvalue weighted by Crippen LogP contribution is -2.48. The van der Waals surface area contributed by atoms with Crippen LogP contribution in [-0.4, -0.2) is 34.5 Å². The van der Waals surface area contributed by atoms with Crippen molar-refractivity contribution in [1.29, 1.82) is 0 Å². The van der Waals surface area contributed by atoms with Crippen LogP contribution in [0.1, 0.15) is 47.0 Å². The van der Waals surface area contributed by atoms with Crippen molar-refractivity contribution in [2.24, 2.45) is 34.0 Å². The van der Waals surface area contributed by atoms with Gasteiger partial charge in [-0.2, -0.15) is 0 Å². The summed E-state index contributed by atoms with van der Waals surface area (Å²) < 4.78 is 5.98. The van der Waals surface area contributed by atoms with Crippen LogP contribution in [0.2, 0.25) is 0 Å². The molecule has 1 aliphatic heterocycles. The van der Waals surface area contributed by atoms with Gasteiger partial charge in [0.05, 0.1) is 5.41 Å². The summed E-state index contributed by atoms with van der Waals surface area (Å²) in [4.78, 5) is 25.8. The normalized spacial score (nSPS) is 60.5. The summed E-state index contributed by atoms with van der Waals surface area (Å²) in [6.07, 6.45) is 1.26. The molecule has 4 aliphatic carbocycles. The first kappa shape index (κ1) is 15.3. The van der Waals surface area contributed by atoms with E-state index in [1.807, 2.05) is 6.92 Å². The second kappa shape index (κ2) is 3.73. The lowest BCUT2D eigenvalue weighted by Gasteiger charge is -2.46. The van der Waals surface area contributed by atoms with E-state index in [-0.39, 0.29) is 22.9 Å². The van der Waals surface area contributed by atoms with Crippen molar-refractivity contribution in [3.63, 3.8) is 0 Å². The zero-order chi connectivity index (χ0) is 17.4. The maximum absolute atomic E-state index is 13.4. The first-order valence-electron chi connectivity index (χ1n) is 9.24. The standard InChI is InChI=1S/C20H26O4/c1-9(2)11-6-7-19-8-12-10(3)13(21)16-20(12,24-16)18(19,5)15(23)14(22)17(11,19)4/h9,11-12,14,16,22H,3,6-8H2,1-2,4-5H3/t11-,12-,14+,16-,17+,18+,19-,20+/m1/s1. The Balaban J connectivity index is 1.76. The maximum Gasteiger partial charge on any atom is 0.190 e. The van der Waals surface area contributed by atoms with Gasteiger partial charge in [0.1, 0.15) is 11.7 Å². The van der Waals surface area contributed by atoms with Crippen molar-refractivity contribution in [2.75, 3.05) is 0 Å². The number of epoxide rings is 1. The molecule has 5 aliphatic rings. The maximum atomic E-state index is 13.4. The molecule has 24 heavy (non-hydrogen) atoms. The Morgan fingerprint density at radius 2 is 1.96 bits per heavy atom. The van der Waals surface area contributed by atoms with E-state index in [2.05, 4.69) is 27.4 Å². The lowest BCUT2D eigenvalue weighted by molar-refractivity contribution is -0.138. The number of rotatable bonds is 1. The molecule has 0 aromatic carbocycles. The molecule has 1 N–H and O–H groups in total. The largest absolute Gasteiger partial charge is 0.385 e. The van der Waals surface area contributed by atoms with Gasteiger partial charge >= 0.3 is 0 Å². The van der Waals surface area contributed by atoms with E-state index >= 15 is 0 Å². The van der Waals surface area contributed by atoms with Gasteiger partial charge in [-0.15, -0.1) is 0 Å². The van der Waals surface area contributed by atoms with Gasteiger partial charge in [-0.05, 0) is 49.0 Å². The van der Waals surface area contributed by atoms with Gasteiger partial charge in [0.2, 0.25) is 0 Å². The summed E-state index contributed by atoms with van der Waals surface area (Å²) in [7, 11) is 0. The Labute approximate surface area is 142 Å². The van der Waals surface area contributed by atoms with Crippen LogP contribution in [-0.2, 0) is 14.3 Å². The number of hydrogen-bond donors (Lipinski definition) is 1. The van der Waals surface area contributed by atoms with E-state index in [0.29, 0.717) is 17.4 Å². The van der Waals surface area contributed by atoms with Gasteiger partial charge in [0.25, 0.3) is 0 Å². The minimum absolute atomic E-state index is 0.0228. The van der Waals surface area contributed by atoms with Crippen molar-refractivity contribution >= 4 is 11.6 Å².